The van der Waals surface area contributed by atoms with Gasteiger partial charge in [-0.3, -0.25) is 9.97 Å². The normalized spacial score (nSPS) is 20.9. The van der Waals surface area contributed by atoms with Gasteiger partial charge in [0.25, 0.3) is 0 Å². The molecule has 2 aromatic rings. The van der Waals surface area contributed by atoms with Gasteiger partial charge in [-0.05, 0) is 18.1 Å². The van der Waals surface area contributed by atoms with Crippen molar-refractivity contribution in [2.75, 3.05) is 13.2 Å². The first kappa shape index (κ1) is 8.80. The summed E-state index contributed by atoms with van der Waals surface area (Å²) in [4.78, 5) is 8.72. The minimum absolute atomic E-state index is 0.491. The number of rotatable bonds is 1. The van der Waals surface area contributed by atoms with Crippen molar-refractivity contribution >= 4 is 11.0 Å². The van der Waals surface area contributed by atoms with E-state index in [1.54, 1.807) is 12.4 Å². The maximum atomic E-state index is 5.41. The van der Waals surface area contributed by atoms with Crippen LogP contribution in [0.4, 0.5) is 0 Å². The number of hydrogen-bond donors (Lipinski definition) is 0. The zero-order valence-electron chi connectivity index (χ0n) is 8.39. The molecule has 0 saturated carbocycles. The summed E-state index contributed by atoms with van der Waals surface area (Å²) < 4.78 is 5.41. The average molecular weight is 200 g/mol. The van der Waals surface area contributed by atoms with Crippen LogP contribution in [0.15, 0.2) is 30.6 Å². The summed E-state index contributed by atoms with van der Waals surface area (Å²) in [6, 6.07) is 6.18. The SMILES string of the molecule is c1cc(C2CCOC2)c2nccnc2c1. The van der Waals surface area contributed by atoms with Crippen LogP contribution in [0.5, 0.6) is 0 Å². The molecule has 3 heteroatoms. The Labute approximate surface area is 88.1 Å². The molecule has 1 saturated heterocycles. The average Bonchev–Trinajstić information content (AvgIpc) is 2.82. The Hall–Kier alpha value is -1.48. The second-order valence-corrected chi connectivity index (χ2v) is 3.83. The van der Waals surface area contributed by atoms with Gasteiger partial charge in [0.1, 0.15) is 0 Å². The first-order valence-corrected chi connectivity index (χ1v) is 5.22. The van der Waals surface area contributed by atoms with E-state index in [4.69, 9.17) is 4.74 Å². The molecule has 1 aliphatic rings. The fraction of sp³-hybridized carbons (Fsp3) is 0.333. The topological polar surface area (TPSA) is 35.0 Å². The summed E-state index contributed by atoms with van der Waals surface area (Å²) in [5.74, 6) is 0.491. The van der Waals surface area contributed by atoms with Gasteiger partial charge in [-0.1, -0.05) is 12.1 Å². The van der Waals surface area contributed by atoms with Crippen molar-refractivity contribution in [3.05, 3.63) is 36.2 Å². The van der Waals surface area contributed by atoms with Crippen molar-refractivity contribution in [3.63, 3.8) is 0 Å². The largest absolute Gasteiger partial charge is 0.381 e. The predicted molar refractivity (Wildman–Crippen MR) is 57.7 cm³/mol. The maximum absolute atomic E-state index is 5.41. The summed E-state index contributed by atoms with van der Waals surface area (Å²) in [6.07, 6.45) is 4.58. The highest BCUT2D eigenvalue weighted by molar-refractivity contribution is 5.78. The molecule has 15 heavy (non-hydrogen) atoms. The molecule has 1 aliphatic heterocycles. The minimum Gasteiger partial charge on any atom is -0.381 e. The van der Waals surface area contributed by atoms with Crippen LogP contribution in [0, 0.1) is 0 Å². The molecule has 76 valence electrons. The van der Waals surface area contributed by atoms with Gasteiger partial charge in [-0.15, -0.1) is 0 Å². The third kappa shape index (κ3) is 1.49. The molecule has 1 unspecified atom stereocenters. The van der Waals surface area contributed by atoms with Gasteiger partial charge in [0, 0.05) is 24.9 Å². The van der Waals surface area contributed by atoms with Crippen molar-refractivity contribution in [3.8, 4) is 0 Å². The number of hydrogen-bond acceptors (Lipinski definition) is 3. The van der Waals surface area contributed by atoms with Crippen LogP contribution in [0.3, 0.4) is 0 Å². The van der Waals surface area contributed by atoms with E-state index >= 15 is 0 Å². The molecular formula is C12H12N2O. The Morgan fingerprint density at radius 1 is 1.20 bits per heavy atom. The van der Waals surface area contributed by atoms with Crippen LogP contribution in [-0.2, 0) is 4.74 Å². The van der Waals surface area contributed by atoms with Gasteiger partial charge >= 0.3 is 0 Å². The van der Waals surface area contributed by atoms with E-state index in [1.807, 2.05) is 12.1 Å². The van der Waals surface area contributed by atoms with Crippen molar-refractivity contribution in [1.82, 2.24) is 9.97 Å². The molecular weight excluding hydrogens is 188 g/mol. The number of aromatic nitrogens is 2. The molecule has 0 radical (unpaired) electrons. The van der Waals surface area contributed by atoms with Crippen LogP contribution in [0.25, 0.3) is 11.0 Å². The molecule has 0 aliphatic carbocycles. The molecule has 1 fully saturated rings. The first-order valence-electron chi connectivity index (χ1n) is 5.22. The standard InChI is InChI=1S/C12H12N2O/c1-2-10(9-4-7-15-8-9)12-11(3-1)13-5-6-14-12/h1-3,5-6,9H,4,7-8H2. The quantitative estimate of drug-likeness (QED) is 0.707. The van der Waals surface area contributed by atoms with Crippen LogP contribution in [0.2, 0.25) is 0 Å². The van der Waals surface area contributed by atoms with E-state index in [2.05, 4.69) is 16.0 Å². The molecule has 0 amide bonds. The second kappa shape index (κ2) is 3.59. The lowest BCUT2D eigenvalue weighted by molar-refractivity contribution is 0.194. The molecule has 0 spiro atoms. The van der Waals surface area contributed by atoms with Crippen molar-refractivity contribution in [1.29, 1.82) is 0 Å². The fourth-order valence-electron chi connectivity index (χ4n) is 2.12. The first-order chi connectivity index (χ1) is 7.45. The van der Waals surface area contributed by atoms with Crippen LogP contribution < -0.4 is 0 Å². The summed E-state index contributed by atoms with van der Waals surface area (Å²) in [6.45, 7) is 1.68. The third-order valence-corrected chi connectivity index (χ3v) is 2.90. The maximum Gasteiger partial charge on any atom is 0.0922 e. The lowest BCUT2D eigenvalue weighted by Gasteiger charge is -2.09. The number of nitrogens with zero attached hydrogens (tertiary/aromatic N) is 2. The van der Waals surface area contributed by atoms with E-state index in [-0.39, 0.29) is 0 Å². The molecule has 1 aromatic carbocycles. The molecule has 1 atom stereocenters. The number of fused-ring (bicyclic) bond motifs is 1. The zero-order chi connectivity index (χ0) is 10.1. The number of benzene rings is 1. The van der Waals surface area contributed by atoms with Crippen molar-refractivity contribution in [2.24, 2.45) is 0 Å². The van der Waals surface area contributed by atoms with E-state index in [0.717, 1.165) is 30.7 Å². The molecule has 0 N–H and O–H groups in total. The van der Waals surface area contributed by atoms with E-state index < -0.39 is 0 Å². The van der Waals surface area contributed by atoms with Crippen molar-refractivity contribution < 1.29 is 4.74 Å². The van der Waals surface area contributed by atoms with Gasteiger partial charge in [0.2, 0.25) is 0 Å². The monoisotopic (exact) mass is 200 g/mol. The lowest BCUT2D eigenvalue weighted by atomic mass is 9.97. The molecule has 3 rings (SSSR count). The fourth-order valence-corrected chi connectivity index (χ4v) is 2.12. The summed E-state index contributed by atoms with van der Waals surface area (Å²) in [5, 5.41) is 0. The summed E-state index contributed by atoms with van der Waals surface area (Å²) in [7, 11) is 0. The van der Waals surface area contributed by atoms with Crippen LogP contribution in [-0.4, -0.2) is 23.2 Å². The summed E-state index contributed by atoms with van der Waals surface area (Å²) >= 11 is 0. The second-order valence-electron chi connectivity index (χ2n) is 3.83. The Bertz CT molecular complexity index is 473. The molecule has 0 bridgehead atoms. The Kier molecular flexibility index (Phi) is 2.10. The smallest absolute Gasteiger partial charge is 0.0922 e. The predicted octanol–water partition coefficient (Wildman–Crippen LogP) is 2.13. The Balaban J connectivity index is 2.16. The van der Waals surface area contributed by atoms with E-state index in [1.165, 1.54) is 5.56 Å². The van der Waals surface area contributed by atoms with Gasteiger partial charge in [0.05, 0.1) is 17.6 Å². The number of para-hydroxylation sites is 1. The number of ether oxygens (including phenoxy) is 1. The highest BCUT2D eigenvalue weighted by Gasteiger charge is 2.20. The molecule has 3 nitrogen and oxygen atoms in total. The third-order valence-electron chi connectivity index (χ3n) is 2.90. The van der Waals surface area contributed by atoms with E-state index in [0.29, 0.717) is 5.92 Å². The Morgan fingerprint density at radius 3 is 3.00 bits per heavy atom. The zero-order valence-corrected chi connectivity index (χ0v) is 8.39. The Morgan fingerprint density at radius 2 is 2.13 bits per heavy atom. The summed E-state index contributed by atoms with van der Waals surface area (Å²) in [5.41, 5.74) is 3.27. The van der Waals surface area contributed by atoms with Crippen LogP contribution >= 0.6 is 0 Å². The van der Waals surface area contributed by atoms with Crippen LogP contribution in [0.1, 0.15) is 17.9 Å². The van der Waals surface area contributed by atoms with Crippen molar-refractivity contribution in [2.45, 2.75) is 12.3 Å². The van der Waals surface area contributed by atoms with Gasteiger partial charge < -0.3 is 4.74 Å². The highest BCUT2D eigenvalue weighted by atomic mass is 16.5. The van der Waals surface area contributed by atoms with E-state index in [9.17, 15) is 0 Å². The molecule has 1 aromatic heterocycles. The van der Waals surface area contributed by atoms with Gasteiger partial charge in [-0.2, -0.15) is 0 Å². The lowest BCUT2D eigenvalue weighted by Crippen LogP contribution is -1.99. The minimum atomic E-state index is 0.491. The van der Waals surface area contributed by atoms with Gasteiger partial charge in [0.15, 0.2) is 0 Å². The highest BCUT2D eigenvalue weighted by Crippen LogP contribution is 2.29. The van der Waals surface area contributed by atoms with Gasteiger partial charge in [-0.25, -0.2) is 0 Å². The molecule has 2 heterocycles.